The second-order valence-corrected chi connectivity index (χ2v) is 8.02. The summed E-state index contributed by atoms with van der Waals surface area (Å²) in [6, 6.07) is 0.0265. The van der Waals surface area contributed by atoms with Crippen molar-refractivity contribution in [3.63, 3.8) is 0 Å². The first-order valence-electron chi connectivity index (χ1n) is 10.1. The van der Waals surface area contributed by atoms with Gasteiger partial charge in [-0.1, -0.05) is 20.3 Å². The van der Waals surface area contributed by atoms with Crippen LogP contribution in [-0.4, -0.2) is 72.0 Å². The summed E-state index contributed by atoms with van der Waals surface area (Å²) in [4.78, 5) is 14.5. The molecule has 0 aliphatic carbocycles. The standard InChI is InChI=1S/C19H37N3O3/c1-3-14(2)9-15-6-7-20-18(10-15)19(25)21-11-17(24)12-22-8-4-5-16(22)13-23/h14-18,20,23-24H,3-13H2,1-2H3,(H,21,25)/t14?,15-,16?,17+,18-/m0/s1. The Morgan fingerprint density at radius 1 is 1.40 bits per heavy atom. The number of rotatable bonds is 9. The van der Waals surface area contributed by atoms with Crippen molar-refractivity contribution in [2.45, 2.75) is 70.6 Å². The summed E-state index contributed by atoms with van der Waals surface area (Å²) < 4.78 is 0. The maximum absolute atomic E-state index is 12.4. The predicted octanol–water partition coefficient (Wildman–Crippen LogP) is 0.725. The fraction of sp³-hybridized carbons (Fsp3) is 0.947. The third-order valence-electron chi connectivity index (χ3n) is 5.93. The smallest absolute Gasteiger partial charge is 0.237 e. The van der Waals surface area contributed by atoms with Crippen LogP contribution in [-0.2, 0) is 4.79 Å². The number of piperidine rings is 1. The fourth-order valence-corrected chi connectivity index (χ4v) is 4.16. The van der Waals surface area contributed by atoms with Crippen LogP contribution < -0.4 is 10.6 Å². The molecule has 0 aromatic rings. The first kappa shape index (κ1) is 20.6. The molecule has 25 heavy (non-hydrogen) atoms. The maximum atomic E-state index is 12.4. The van der Waals surface area contributed by atoms with Crippen molar-refractivity contribution in [1.82, 2.24) is 15.5 Å². The molecule has 146 valence electrons. The van der Waals surface area contributed by atoms with Crippen molar-refractivity contribution < 1.29 is 15.0 Å². The van der Waals surface area contributed by atoms with E-state index in [1.54, 1.807) is 0 Å². The largest absolute Gasteiger partial charge is 0.395 e. The van der Waals surface area contributed by atoms with Crippen molar-refractivity contribution in [2.24, 2.45) is 11.8 Å². The molecule has 2 aliphatic rings. The summed E-state index contributed by atoms with van der Waals surface area (Å²) in [5.74, 6) is 1.34. The summed E-state index contributed by atoms with van der Waals surface area (Å²) in [5.41, 5.74) is 0. The van der Waals surface area contributed by atoms with E-state index in [2.05, 4.69) is 29.4 Å². The van der Waals surface area contributed by atoms with Gasteiger partial charge < -0.3 is 20.8 Å². The molecule has 2 rings (SSSR count). The van der Waals surface area contributed by atoms with E-state index in [1.165, 1.54) is 12.8 Å². The number of β-amino-alcohol motifs (C(OH)–C–C–N with tert-alkyl or cyclic N) is 1. The average Bonchev–Trinajstić information content (AvgIpc) is 3.06. The molecule has 2 unspecified atom stereocenters. The molecule has 5 atom stereocenters. The van der Waals surface area contributed by atoms with Gasteiger partial charge in [0.1, 0.15) is 0 Å². The van der Waals surface area contributed by atoms with E-state index in [-0.39, 0.29) is 31.1 Å². The number of hydrogen-bond donors (Lipinski definition) is 4. The quantitative estimate of drug-likeness (QED) is 0.490. The lowest BCUT2D eigenvalue weighted by atomic mass is 9.84. The van der Waals surface area contributed by atoms with Gasteiger partial charge in [-0.25, -0.2) is 0 Å². The Hall–Kier alpha value is -0.690. The molecule has 0 spiro atoms. The minimum Gasteiger partial charge on any atom is -0.395 e. The van der Waals surface area contributed by atoms with E-state index in [0.717, 1.165) is 38.8 Å². The molecule has 4 N–H and O–H groups in total. The van der Waals surface area contributed by atoms with Crippen LogP contribution in [0.4, 0.5) is 0 Å². The fourth-order valence-electron chi connectivity index (χ4n) is 4.16. The molecule has 0 bridgehead atoms. The lowest BCUT2D eigenvalue weighted by Crippen LogP contribution is -2.51. The average molecular weight is 356 g/mol. The number of carbonyl (C=O) groups is 1. The Labute approximate surface area is 152 Å². The van der Waals surface area contributed by atoms with Gasteiger partial charge in [0.05, 0.1) is 18.8 Å². The number of nitrogens with zero attached hydrogens (tertiary/aromatic N) is 1. The monoisotopic (exact) mass is 355 g/mol. The number of hydrogen-bond acceptors (Lipinski definition) is 5. The van der Waals surface area contributed by atoms with Crippen LogP contribution >= 0.6 is 0 Å². The van der Waals surface area contributed by atoms with Crippen LogP contribution in [0.5, 0.6) is 0 Å². The van der Waals surface area contributed by atoms with Gasteiger partial charge >= 0.3 is 0 Å². The lowest BCUT2D eigenvalue weighted by Gasteiger charge is -2.31. The van der Waals surface area contributed by atoms with Gasteiger partial charge in [0.2, 0.25) is 5.91 Å². The van der Waals surface area contributed by atoms with E-state index >= 15 is 0 Å². The Morgan fingerprint density at radius 2 is 2.20 bits per heavy atom. The van der Waals surface area contributed by atoms with Crippen LogP contribution in [0, 0.1) is 11.8 Å². The van der Waals surface area contributed by atoms with Crippen LogP contribution in [0.15, 0.2) is 0 Å². The number of likely N-dealkylation sites (tertiary alicyclic amines) is 1. The van der Waals surface area contributed by atoms with Crippen molar-refractivity contribution in [1.29, 1.82) is 0 Å². The second kappa shape index (κ2) is 10.5. The number of aliphatic hydroxyl groups excluding tert-OH is 2. The third kappa shape index (κ3) is 6.51. The molecule has 1 amide bonds. The minimum atomic E-state index is -0.587. The van der Waals surface area contributed by atoms with E-state index in [1.807, 2.05) is 0 Å². The van der Waals surface area contributed by atoms with Gasteiger partial charge in [-0.15, -0.1) is 0 Å². The summed E-state index contributed by atoms with van der Waals surface area (Å²) in [7, 11) is 0. The van der Waals surface area contributed by atoms with Gasteiger partial charge in [0.25, 0.3) is 0 Å². The molecule has 0 saturated carbocycles. The van der Waals surface area contributed by atoms with Gasteiger partial charge in [0.15, 0.2) is 0 Å². The SMILES string of the molecule is CCC(C)C[C@@H]1CCN[C@H](C(=O)NC[C@@H](O)CN2CCCC2CO)C1. The topological polar surface area (TPSA) is 84.8 Å². The normalized spacial score (nSPS) is 30.2. The van der Waals surface area contributed by atoms with E-state index in [0.29, 0.717) is 18.4 Å². The molecule has 6 nitrogen and oxygen atoms in total. The van der Waals surface area contributed by atoms with Crippen molar-refractivity contribution in [2.75, 3.05) is 32.8 Å². The highest BCUT2D eigenvalue weighted by molar-refractivity contribution is 5.81. The Morgan fingerprint density at radius 3 is 2.92 bits per heavy atom. The summed E-state index contributed by atoms with van der Waals surface area (Å²) in [6.07, 6.45) is 5.89. The zero-order valence-electron chi connectivity index (χ0n) is 15.9. The predicted molar refractivity (Wildman–Crippen MR) is 99.3 cm³/mol. The number of amides is 1. The molecular weight excluding hydrogens is 318 g/mol. The van der Waals surface area contributed by atoms with E-state index in [9.17, 15) is 15.0 Å². The van der Waals surface area contributed by atoms with Crippen molar-refractivity contribution in [3.8, 4) is 0 Å². The van der Waals surface area contributed by atoms with E-state index in [4.69, 9.17) is 0 Å². The lowest BCUT2D eigenvalue weighted by molar-refractivity contribution is -0.124. The summed E-state index contributed by atoms with van der Waals surface area (Å²) in [6.45, 7) is 7.25. The Kier molecular flexibility index (Phi) is 8.62. The Balaban J connectivity index is 1.70. The van der Waals surface area contributed by atoms with Gasteiger partial charge in [-0.3, -0.25) is 9.69 Å². The maximum Gasteiger partial charge on any atom is 0.237 e. The van der Waals surface area contributed by atoms with Crippen molar-refractivity contribution >= 4 is 5.91 Å². The molecule has 2 saturated heterocycles. The molecule has 2 aliphatic heterocycles. The first-order chi connectivity index (χ1) is 12.0. The van der Waals surface area contributed by atoms with Crippen LogP contribution in [0.3, 0.4) is 0 Å². The van der Waals surface area contributed by atoms with Crippen molar-refractivity contribution in [3.05, 3.63) is 0 Å². The van der Waals surface area contributed by atoms with Gasteiger partial charge in [-0.2, -0.15) is 0 Å². The zero-order chi connectivity index (χ0) is 18.2. The van der Waals surface area contributed by atoms with E-state index < -0.39 is 6.10 Å². The zero-order valence-corrected chi connectivity index (χ0v) is 15.9. The minimum absolute atomic E-state index is 0.00744. The molecule has 2 fully saturated rings. The molecule has 0 radical (unpaired) electrons. The number of carbonyl (C=O) groups excluding carboxylic acids is 1. The molecule has 0 aromatic carbocycles. The second-order valence-electron chi connectivity index (χ2n) is 8.02. The molecular formula is C19H37N3O3. The van der Waals surface area contributed by atoms with Gasteiger partial charge in [0, 0.05) is 19.1 Å². The van der Waals surface area contributed by atoms with Crippen LogP contribution in [0.2, 0.25) is 0 Å². The first-order valence-corrected chi connectivity index (χ1v) is 10.1. The Bertz CT molecular complexity index is 407. The van der Waals surface area contributed by atoms with Crippen LogP contribution in [0.25, 0.3) is 0 Å². The molecule has 2 heterocycles. The highest BCUT2D eigenvalue weighted by atomic mass is 16.3. The summed E-state index contributed by atoms with van der Waals surface area (Å²) >= 11 is 0. The number of aliphatic hydroxyl groups is 2. The third-order valence-corrected chi connectivity index (χ3v) is 5.93. The van der Waals surface area contributed by atoms with Crippen LogP contribution in [0.1, 0.15) is 52.4 Å². The highest BCUT2D eigenvalue weighted by Crippen LogP contribution is 2.25. The molecule has 0 aromatic heterocycles. The highest BCUT2D eigenvalue weighted by Gasteiger charge is 2.29. The summed E-state index contributed by atoms with van der Waals surface area (Å²) in [5, 5.41) is 25.8. The number of nitrogens with one attached hydrogen (secondary N) is 2. The van der Waals surface area contributed by atoms with Gasteiger partial charge in [-0.05, 0) is 57.0 Å². The molecule has 6 heteroatoms.